The fourth-order valence-electron chi connectivity index (χ4n) is 6.33. The molecule has 0 aliphatic rings. The van der Waals surface area contributed by atoms with Crippen molar-refractivity contribution in [1.29, 1.82) is 0 Å². The Hall–Kier alpha value is -4.17. The average Bonchev–Trinajstić information content (AvgIpc) is 3.04. The molecule has 45 heavy (non-hydrogen) atoms. The van der Waals surface area contributed by atoms with Crippen molar-refractivity contribution >= 4 is 54.0 Å². The first-order valence-corrected chi connectivity index (χ1v) is 15.3. The zero-order chi connectivity index (χ0) is 30.6. The van der Waals surface area contributed by atoms with E-state index in [2.05, 4.69) is 119 Å². The van der Waals surface area contributed by atoms with Crippen LogP contribution in [0.1, 0.15) is 52.7 Å². The van der Waals surface area contributed by atoms with Crippen LogP contribution in [0.15, 0.2) is 109 Å². The number of fused-ring (bicyclic) bond motifs is 6. The summed E-state index contributed by atoms with van der Waals surface area (Å²) in [6.07, 6.45) is 3.75. The van der Waals surface area contributed by atoms with Gasteiger partial charge in [-0.05, 0) is 77.6 Å². The number of rotatable bonds is 1. The van der Waals surface area contributed by atoms with E-state index in [4.69, 9.17) is 4.98 Å². The molecule has 2 aromatic heterocycles. The topological polar surface area (TPSA) is 25.8 Å². The van der Waals surface area contributed by atoms with Crippen LogP contribution in [0.3, 0.4) is 0 Å². The average molecular weight is 761 g/mol. The van der Waals surface area contributed by atoms with Crippen molar-refractivity contribution in [2.45, 2.75) is 52.4 Å². The molecule has 1 radical (unpaired) electrons. The summed E-state index contributed by atoms with van der Waals surface area (Å²) in [5, 5.41) is 11.5. The van der Waals surface area contributed by atoms with Crippen LogP contribution in [0.2, 0.25) is 0 Å². The second-order valence-corrected chi connectivity index (χ2v) is 13.7. The molecular formula is C42H36IrN2-2. The van der Waals surface area contributed by atoms with Crippen LogP contribution in [-0.4, -0.2) is 9.97 Å². The standard InChI is InChI=1S/C27H20N.C15H16N.Ir/c1-27(2,3)16-12-13-17-18-7-5-10-22-25(18)24-19(21-11-6-14-28-26(21)22)8-4-9-20(24)23(17)15-16;1-15(2,3)13-9-10-16-14(11-13)12-7-5-4-6-8-12;/h4-9,11-15H,1-3H3;4-7,9-11H,1-3H3;/q2*-1;. The second-order valence-electron chi connectivity index (χ2n) is 13.7. The van der Waals surface area contributed by atoms with Crippen LogP contribution in [0.5, 0.6) is 0 Å². The smallest absolute Gasteiger partial charge is 0.0163 e. The molecule has 6 aromatic carbocycles. The van der Waals surface area contributed by atoms with Gasteiger partial charge in [0.05, 0.1) is 0 Å². The molecule has 2 heterocycles. The van der Waals surface area contributed by atoms with Crippen LogP contribution in [0.4, 0.5) is 0 Å². The van der Waals surface area contributed by atoms with Crippen molar-refractivity contribution < 1.29 is 20.1 Å². The number of hydrogen-bond acceptors (Lipinski definition) is 2. The third-order valence-corrected chi connectivity index (χ3v) is 8.72. The molecule has 0 unspecified atom stereocenters. The van der Waals surface area contributed by atoms with Gasteiger partial charge in [-0.15, -0.1) is 59.5 Å². The van der Waals surface area contributed by atoms with E-state index in [1.807, 2.05) is 48.8 Å². The largest absolute Gasteiger partial charge is 0.305 e. The third-order valence-electron chi connectivity index (χ3n) is 8.72. The van der Waals surface area contributed by atoms with Crippen molar-refractivity contribution in [3.63, 3.8) is 0 Å². The van der Waals surface area contributed by atoms with E-state index in [-0.39, 0.29) is 30.9 Å². The normalized spacial score (nSPS) is 12.0. The van der Waals surface area contributed by atoms with Gasteiger partial charge in [-0.1, -0.05) is 101 Å². The summed E-state index contributed by atoms with van der Waals surface area (Å²) in [5.74, 6) is 0. The first-order valence-electron chi connectivity index (χ1n) is 15.3. The molecule has 0 saturated carbocycles. The predicted octanol–water partition coefficient (Wildman–Crippen LogP) is 11.2. The summed E-state index contributed by atoms with van der Waals surface area (Å²) in [7, 11) is 0. The fraction of sp³-hybridized carbons (Fsp3) is 0.190. The zero-order valence-corrected chi connectivity index (χ0v) is 29.0. The van der Waals surface area contributed by atoms with Crippen LogP contribution in [0.25, 0.3) is 65.3 Å². The maximum atomic E-state index is 4.73. The molecule has 0 bridgehead atoms. The van der Waals surface area contributed by atoms with Crippen LogP contribution >= 0.6 is 0 Å². The first-order chi connectivity index (χ1) is 21.1. The maximum Gasteiger partial charge on any atom is 0.0163 e. The number of hydrogen-bond donors (Lipinski definition) is 0. The Morgan fingerprint density at radius 1 is 0.511 bits per heavy atom. The Kier molecular flexibility index (Phi) is 7.98. The molecule has 0 amide bonds. The Morgan fingerprint density at radius 2 is 1.22 bits per heavy atom. The molecule has 8 rings (SSSR count). The van der Waals surface area contributed by atoms with E-state index in [1.165, 1.54) is 54.2 Å². The number of benzene rings is 6. The Balaban J connectivity index is 0.000000181. The molecule has 0 aliphatic carbocycles. The minimum Gasteiger partial charge on any atom is -0.305 e. The van der Waals surface area contributed by atoms with Gasteiger partial charge in [0.2, 0.25) is 0 Å². The van der Waals surface area contributed by atoms with Gasteiger partial charge in [0.25, 0.3) is 0 Å². The van der Waals surface area contributed by atoms with Crippen molar-refractivity contribution in [1.82, 2.24) is 9.97 Å². The molecule has 2 nitrogen and oxygen atoms in total. The quantitative estimate of drug-likeness (QED) is 0.0946. The second kappa shape index (κ2) is 11.6. The van der Waals surface area contributed by atoms with Gasteiger partial charge in [0.1, 0.15) is 0 Å². The number of nitrogens with zero attached hydrogens (tertiary/aromatic N) is 2. The van der Waals surface area contributed by atoms with Crippen LogP contribution in [0, 0.1) is 12.1 Å². The molecule has 0 atom stereocenters. The summed E-state index contributed by atoms with van der Waals surface area (Å²) in [6.45, 7) is 13.5. The monoisotopic (exact) mass is 761 g/mol. The van der Waals surface area contributed by atoms with E-state index in [0.717, 1.165) is 22.2 Å². The number of pyridine rings is 2. The summed E-state index contributed by atoms with van der Waals surface area (Å²) in [5.41, 5.74) is 6.03. The molecule has 0 N–H and O–H groups in total. The Labute approximate surface area is 279 Å². The van der Waals surface area contributed by atoms with E-state index >= 15 is 0 Å². The van der Waals surface area contributed by atoms with Gasteiger partial charge >= 0.3 is 0 Å². The fourth-order valence-corrected chi connectivity index (χ4v) is 6.33. The maximum absolute atomic E-state index is 4.73. The zero-order valence-electron chi connectivity index (χ0n) is 26.6. The number of aromatic nitrogens is 2. The van der Waals surface area contributed by atoms with Gasteiger partial charge < -0.3 is 9.97 Å². The SMILES string of the molecule is CC(C)(C)c1ccc2c(c1)c1cccc3c4cccnc4c4[c-]ccc2c4c13.CC(C)(C)c1ccnc(-c2[c-]cccc2)c1.[Ir]. The van der Waals surface area contributed by atoms with Gasteiger partial charge in [-0.25, -0.2) is 0 Å². The van der Waals surface area contributed by atoms with Crippen LogP contribution < -0.4 is 0 Å². The third kappa shape index (κ3) is 5.50. The Morgan fingerprint density at radius 3 is 1.96 bits per heavy atom. The van der Waals surface area contributed by atoms with Gasteiger partial charge in [-0.3, -0.25) is 0 Å². The minimum atomic E-state index is 0. The van der Waals surface area contributed by atoms with E-state index in [1.54, 1.807) is 0 Å². The molecule has 0 aliphatic heterocycles. The minimum absolute atomic E-state index is 0. The summed E-state index contributed by atoms with van der Waals surface area (Å²) >= 11 is 0. The molecule has 3 heteroatoms. The molecular weight excluding hydrogens is 725 g/mol. The van der Waals surface area contributed by atoms with Gasteiger partial charge in [-0.2, -0.15) is 0 Å². The van der Waals surface area contributed by atoms with E-state index in [9.17, 15) is 0 Å². The van der Waals surface area contributed by atoms with Crippen LogP contribution in [-0.2, 0) is 30.9 Å². The van der Waals surface area contributed by atoms with Crippen molar-refractivity contribution in [2.75, 3.05) is 0 Å². The molecule has 225 valence electrons. The van der Waals surface area contributed by atoms with E-state index < -0.39 is 0 Å². The molecule has 0 saturated heterocycles. The predicted molar refractivity (Wildman–Crippen MR) is 188 cm³/mol. The van der Waals surface area contributed by atoms with Crippen molar-refractivity contribution in [2.24, 2.45) is 0 Å². The Bertz CT molecular complexity index is 2290. The summed E-state index contributed by atoms with van der Waals surface area (Å²) in [4.78, 5) is 9.12. The van der Waals surface area contributed by atoms with Crippen molar-refractivity contribution in [3.05, 3.63) is 133 Å². The molecule has 0 fully saturated rings. The summed E-state index contributed by atoms with van der Waals surface area (Å²) in [6, 6.07) is 41.0. The van der Waals surface area contributed by atoms with Gasteiger partial charge in [0, 0.05) is 32.5 Å². The summed E-state index contributed by atoms with van der Waals surface area (Å²) < 4.78 is 0. The van der Waals surface area contributed by atoms with Crippen molar-refractivity contribution in [3.8, 4) is 11.3 Å². The first kappa shape index (κ1) is 30.8. The van der Waals surface area contributed by atoms with E-state index in [0.29, 0.717) is 0 Å². The molecule has 8 aromatic rings. The van der Waals surface area contributed by atoms with Gasteiger partial charge in [0.15, 0.2) is 0 Å². The molecule has 0 spiro atoms.